The van der Waals surface area contributed by atoms with Crippen LogP contribution in [-0.2, 0) is 11.2 Å². The first-order chi connectivity index (χ1) is 11.0. The van der Waals surface area contributed by atoms with Crippen molar-refractivity contribution in [1.29, 1.82) is 0 Å². The summed E-state index contributed by atoms with van der Waals surface area (Å²) in [5.41, 5.74) is 0.599. The van der Waals surface area contributed by atoms with Gasteiger partial charge in [-0.05, 0) is 44.0 Å². The highest BCUT2D eigenvalue weighted by atomic mass is 32.1. The molecule has 6 heteroatoms. The van der Waals surface area contributed by atoms with E-state index < -0.39 is 5.97 Å². The lowest BCUT2D eigenvalue weighted by Gasteiger charge is -2.09. The monoisotopic (exact) mass is 333 g/mol. The van der Waals surface area contributed by atoms with Gasteiger partial charge in [0.15, 0.2) is 0 Å². The number of benzene rings is 1. The van der Waals surface area contributed by atoms with Crippen molar-refractivity contribution in [1.82, 2.24) is 0 Å². The number of carboxylic acids is 1. The topological polar surface area (TPSA) is 75.6 Å². The van der Waals surface area contributed by atoms with E-state index in [1.54, 1.807) is 17.4 Å². The van der Waals surface area contributed by atoms with Crippen LogP contribution in [0, 0.1) is 6.92 Å². The summed E-state index contributed by atoms with van der Waals surface area (Å²) in [6.45, 7) is 2.06. The summed E-state index contributed by atoms with van der Waals surface area (Å²) in [5.74, 6) is -0.932. The van der Waals surface area contributed by atoms with Crippen molar-refractivity contribution in [3.63, 3.8) is 0 Å². The van der Waals surface area contributed by atoms with Crippen molar-refractivity contribution >= 4 is 28.9 Å². The van der Waals surface area contributed by atoms with E-state index in [1.165, 1.54) is 29.0 Å². The minimum atomic E-state index is -1.06. The molecule has 0 unspecified atom stereocenters. The first-order valence-corrected chi connectivity index (χ1v) is 8.07. The van der Waals surface area contributed by atoms with Gasteiger partial charge in [-0.3, -0.25) is 4.79 Å². The number of carbonyl (C=O) groups is 2. The zero-order chi connectivity index (χ0) is 16.8. The third kappa shape index (κ3) is 4.82. The normalized spacial score (nSPS) is 10.3. The molecule has 0 atom stereocenters. The van der Waals surface area contributed by atoms with Gasteiger partial charge in [0.25, 0.3) is 0 Å². The standard InChI is InChI=1S/C17H19NO4S/c1-11-6-8-13(23-11)4-3-5-16(19)18-12-7-9-14(17(20)21)15(10-12)22-2/h6-10H,3-5H2,1-2H3,(H,18,19)(H,20,21). The van der Waals surface area contributed by atoms with Crippen LogP contribution in [0.2, 0.25) is 0 Å². The maximum absolute atomic E-state index is 12.0. The molecule has 2 aromatic rings. The molecule has 0 spiro atoms. The van der Waals surface area contributed by atoms with Crippen molar-refractivity contribution in [2.75, 3.05) is 12.4 Å². The van der Waals surface area contributed by atoms with E-state index in [0.29, 0.717) is 12.1 Å². The number of rotatable bonds is 7. The maximum atomic E-state index is 12.0. The molecule has 0 fully saturated rings. The Bertz CT molecular complexity index is 708. The number of carboxylic acid groups (broad SMARTS) is 1. The van der Waals surface area contributed by atoms with Gasteiger partial charge in [0.05, 0.1) is 7.11 Å². The minimum Gasteiger partial charge on any atom is -0.496 e. The number of carbonyl (C=O) groups excluding carboxylic acids is 1. The largest absolute Gasteiger partial charge is 0.496 e. The molecule has 5 nitrogen and oxygen atoms in total. The highest BCUT2D eigenvalue weighted by Gasteiger charge is 2.12. The molecule has 2 rings (SSSR count). The van der Waals surface area contributed by atoms with Crippen LogP contribution in [0.3, 0.4) is 0 Å². The van der Waals surface area contributed by atoms with Gasteiger partial charge in [-0.2, -0.15) is 0 Å². The van der Waals surface area contributed by atoms with Crippen LogP contribution in [-0.4, -0.2) is 24.1 Å². The summed E-state index contributed by atoms with van der Waals surface area (Å²) in [5, 5.41) is 11.8. The van der Waals surface area contributed by atoms with Gasteiger partial charge in [-0.15, -0.1) is 11.3 Å². The quantitative estimate of drug-likeness (QED) is 0.809. The predicted molar refractivity (Wildman–Crippen MR) is 90.6 cm³/mol. The molecule has 0 aliphatic rings. The molecule has 0 saturated carbocycles. The number of nitrogens with one attached hydrogen (secondary N) is 1. The lowest BCUT2D eigenvalue weighted by molar-refractivity contribution is -0.116. The first kappa shape index (κ1) is 17.0. The Morgan fingerprint density at radius 1 is 1.26 bits per heavy atom. The highest BCUT2D eigenvalue weighted by molar-refractivity contribution is 7.11. The van der Waals surface area contributed by atoms with Crippen molar-refractivity contribution in [2.24, 2.45) is 0 Å². The number of hydrogen-bond acceptors (Lipinski definition) is 4. The number of anilines is 1. The minimum absolute atomic E-state index is 0.0681. The Labute approximate surface area is 138 Å². The second kappa shape index (κ2) is 7.78. The number of thiophene rings is 1. The third-order valence-corrected chi connectivity index (χ3v) is 4.40. The van der Waals surface area contributed by atoms with Gasteiger partial charge in [0.2, 0.25) is 5.91 Å². The molecule has 0 saturated heterocycles. The summed E-state index contributed by atoms with van der Waals surface area (Å²) in [4.78, 5) is 25.5. The van der Waals surface area contributed by atoms with E-state index in [9.17, 15) is 9.59 Å². The average molecular weight is 333 g/mol. The van der Waals surface area contributed by atoms with E-state index in [1.807, 2.05) is 0 Å². The van der Waals surface area contributed by atoms with Crippen molar-refractivity contribution < 1.29 is 19.4 Å². The molecule has 0 aliphatic carbocycles. The number of hydrogen-bond donors (Lipinski definition) is 2. The summed E-state index contributed by atoms with van der Waals surface area (Å²) in [7, 11) is 1.40. The van der Waals surface area contributed by atoms with Crippen molar-refractivity contribution in [3.8, 4) is 5.75 Å². The van der Waals surface area contributed by atoms with E-state index in [2.05, 4.69) is 24.4 Å². The number of amides is 1. The second-order valence-electron chi connectivity index (χ2n) is 5.13. The molecule has 1 heterocycles. The fraction of sp³-hybridized carbons (Fsp3) is 0.294. The fourth-order valence-electron chi connectivity index (χ4n) is 2.21. The van der Waals surface area contributed by atoms with E-state index in [4.69, 9.17) is 9.84 Å². The Morgan fingerprint density at radius 2 is 2.04 bits per heavy atom. The molecular weight excluding hydrogens is 314 g/mol. The van der Waals surface area contributed by atoms with Gasteiger partial charge in [-0.25, -0.2) is 4.79 Å². The smallest absolute Gasteiger partial charge is 0.339 e. The molecule has 1 amide bonds. The Morgan fingerprint density at radius 3 is 2.65 bits per heavy atom. The van der Waals surface area contributed by atoms with Crippen LogP contribution in [0.15, 0.2) is 30.3 Å². The molecule has 0 bridgehead atoms. The summed E-state index contributed by atoms with van der Waals surface area (Å²) >= 11 is 1.75. The molecule has 0 aliphatic heterocycles. The number of aryl methyl sites for hydroxylation is 2. The van der Waals surface area contributed by atoms with Crippen LogP contribution in [0.1, 0.15) is 33.0 Å². The molecule has 23 heavy (non-hydrogen) atoms. The fourth-order valence-corrected chi connectivity index (χ4v) is 3.14. The summed E-state index contributed by atoms with van der Waals surface area (Å²) < 4.78 is 5.04. The average Bonchev–Trinajstić information content (AvgIpc) is 2.92. The number of ether oxygens (including phenoxy) is 1. The molecule has 122 valence electrons. The lowest BCUT2D eigenvalue weighted by Crippen LogP contribution is -2.12. The number of methoxy groups -OCH3 is 1. The van der Waals surface area contributed by atoms with Crippen molar-refractivity contribution in [3.05, 3.63) is 45.6 Å². The van der Waals surface area contributed by atoms with Crippen LogP contribution < -0.4 is 10.1 Å². The molecule has 0 radical (unpaired) electrons. The van der Waals surface area contributed by atoms with Gasteiger partial charge in [0.1, 0.15) is 11.3 Å². The van der Waals surface area contributed by atoms with E-state index in [-0.39, 0.29) is 17.2 Å². The number of aromatic carboxylic acids is 1. The zero-order valence-corrected chi connectivity index (χ0v) is 13.9. The molecule has 1 aromatic carbocycles. The summed E-state index contributed by atoms with van der Waals surface area (Å²) in [6.07, 6.45) is 2.07. The van der Waals surface area contributed by atoms with Crippen molar-refractivity contribution in [2.45, 2.75) is 26.2 Å². The lowest BCUT2D eigenvalue weighted by atomic mass is 10.1. The Kier molecular flexibility index (Phi) is 5.76. The van der Waals surface area contributed by atoms with Gasteiger partial charge >= 0.3 is 5.97 Å². The van der Waals surface area contributed by atoms with Crippen LogP contribution in [0.5, 0.6) is 5.75 Å². The predicted octanol–water partition coefficient (Wildman–Crippen LogP) is 3.72. The third-order valence-electron chi connectivity index (χ3n) is 3.34. The van der Waals surface area contributed by atoms with Crippen LogP contribution in [0.25, 0.3) is 0 Å². The van der Waals surface area contributed by atoms with E-state index >= 15 is 0 Å². The SMILES string of the molecule is COc1cc(NC(=O)CCCc2ccc(C)s2)ccc1C(=O)O. The Hall–Kier alpha value is -2.34. The molecular formula is C17H19NO4S. The summed E-state index contributed by atoms with van der Waals surface area (Å²) in [6, 6.07) is 8.67. The van der Waals surface area contributed by atoms with Crippen LogP contribution >= 0.6 is 11.3 Å². The zero-order valence-electron chi connectivity index (χ0n) is 13.1. The Balaban J connectivity index is 1.88. The van der Waals surface area contributed by atoms with E-state index in [0.717, 1.165) is 12.8 Å². The van der Waals surface area contributed by atoms with Gasteiger partial charge < -0.3 is 15.2 Å². The molecule has 1 aromatic heterocycles. The second-order valence-corrected chi connectivity index (χ2v) is 6.51. The van der Waals surface area contributed by atoms with Gasteiger partial charge in [0, 0.05) is 27.9 Å². The highest BCUT2D eigenvalue weighted by Crippen LogP contribution is 2.23. The van der Waals surface area contributed by atoms with Gasteiger partial charge in [-0.1, -0.05) is 0 Å². The molecule has 2 N–H and O–H groups in total. The first-order valence-electron chi connectivity index (χ1n) is 7.26. The maximum Gasteiger partial charge on any atom is 0.339 e. The van der Waals surface area contributed by atoms with Crippen LogP contribution in [0.4, 0.5) is 5.69 Å².